The molecule has 280 valence electrons. The molecule has 0 spiro atoms. The Labute approximate surface area is 332 Å². The Kier molecular flexibility index (Phi) is 9.66. The van der Waals surface area contributed by atoms with Crippen molar-refractivity contribution in [3.8, 4) is 49.8 Å². The maximum atomic E-state index is 11.7. The summed E-state index contributed by atoms with van der Waals surface area (Å²) in [6.45, 7) is 24.5. The fourth-order valence-electron chi connectivity index (χ4n) is 7.33. The molecule has 3 nitrogen and oxygen atoms in total. The minimum Gasteiger partial charge on any atom is -0.507 e. The number of para-hydroxylation sites is 1. The van der Waals surface area contributed by atoms with E-state index in [1.54, 1.807) is 11.3 Å². The van der Waals surface area contributed by atoms with Gasteiger partial charge in [-0.15, -0.1) is 11.3 Å². The number of thiazole rings is 1. The van der Waals surface area contributed by atoms with Gasteiger partial charge in [-0.25, -0.2) is 4.98 Å². The molecule has 0 saturated heterocycles. The van der Waals surface area contributed by atoms with Crippen molar-refractivity contribution in [3.05, 3.63) is 149 Å². The van der Waals surface area contributed by atoms with Crippen LogP contribution in [-0.2, 0) is 21.7 Å². The summed E-state index contributed by atoms with van der Waals surface area (Å²) < 4.78 is 1.09. The Morgan fingerprint density at radius 3 is 1.78 bits per heavy atom. The number of hydrogen-bond acceptors (Lipinski definition) is 4. The van der Waals surface area contributed by atoms with Crippen molar-refractivity contribution in [2.75, 3.05) is 0 Å². The van der Waals surface area contributed by atoms with Crippen molar-refractivity contribution in [2.24, 2.45) is 0 Å². The van der Waals surface area contributed by atoms with Gasteiger partial charge in [-0.05, 0) is 91.6 Å². The van der Waals surface area contributed by atoms with E-state index >= 15 is 0 Å². The quantitative estimate of drug-likeness (QED) is 0.185. The lowest BCUT2D eigenvalue weighted by atomic mass is 9.78. The maximum absolute atomic E-state index is 11.7. The van der Waals surface area contributed by atoms with E-state index in [-0.39, 0.29) is 21.7 Å². The molecule has 0 aliphatic heterocycles. The Bertz CT molecular complexity index is 2500. The summed E-state index contributed by atoms with van der Waals surface area (Å²) in [5.74, 6) is 0.318. The van der Waals surface area contributed by atoms with Crippen molar-refractivity contribution >= 4 is 21.6 Å². The average Bonchev–Trinajstić information content (AvgIpc) is 3.58. The lowest BCUT2D eigenvalue weighted by molar-refractivity contribution is 0.446. The van der Waals surface area contributed by atoms with Gasteiger partial charge in [-0.3, -0.25) is 4.98 Å². The second-order valence-corrected chi connectivity index (χ2v) is 19.7. The molecule has 7 rings (SSSR count). The number of fused-ring (bicyclic) bond motifs is 1. The van der Waals surface area contributed by atoms with E-state index in [1.807, 2.05) is 6.20 Å². The molecular formula is C51H54N2OS. The summed E-state index contributed by atoms with van der Waals surface area (Å²) in [4.78, 5) is 10.2. The second-order valence-electron chi connectivity index (χ2n) is 18.6. The van der Waals surface area contributed by atoms with E-state index in [0.717, 1.165) is 59.9 Å². The Morgan fingerprint density at radius 2 is 1.13 bits per heavy atom. The van der Waals surface area contributed by atoms with Crippen LogP contribution in [0.1, 0.15) is 104 Å². The molecule has 0 aliphatic carbocycles. The zero-order chi connectivity index (χ0) is 39.5. The molecule has 2 heterocycles. The molecule has 0 fully saturated rings. The van der Waals surface area contributed by atoms with E-state index in [4.69, 9.17) is 9.97 Å². The van der Waals surface area contributed by atoms with Crippen LogP contribution in [0.4, 0.5) is 0 Å². The van der Waals surface area contributed by atoms with Crippen LogP contribution in [0, 0.1) is 0 Å². The number of benzene rings is 5. The number of aromatic nitrogens is 2. The Morgan fingerprint density at radius 1 is 0.491 bits per heavy atom. The van der Waals surface area contributed by atoms with Crippen molar-refractivity contribution in [2.45, 2.75) is 97.8 Å². The highest BCUT2D eigenvalue weighted by Gasteiger charge is 2.27. The molecule has 5 aromatic carbocycles. The highest BCUT2D eigenvalue weighted by Crippen LogP contribution is 2.46. The Balaban J connectivity index is 1.31. The van der Waals surface area contributed by atoms with E-state index in [2.05, 4.69) is 191 Å². The first kappa shape index (κ1) is 38.2. The van der Waals surface area contributed by atoms with Crippen LogP contribution in [0.25, 0.3) is 54.3 Å². The van der Waals surface area contributed by atoms with Crippen LogP contribution in [-0.4, -0.2) is 15.1 Å². The van der Waals surface area contributed by atoms with E-state index in [0.29, 0.717) is 5.75 Å². The number of nitrogens with zero attached hydrogens (tertiary/aromatic N) is 2. The minimum absolute atomic E-state index is 0.0812. The third-order valence-corrected chi connectivity index (χ3v) is 12.1. The number of pyridine rings is 1. The van der Waals surface area contributed by atoms with E-state index in [1.165, 1.54) is 22.3 Å². The number of hydrogen-bond donors (Lipinski definition) is 1. The van der Waals surface area contributed by atoms with Crippen LogP contribution in [0.3, 0.4) is 0 Å². The number of aromatic hydroxyl groups is 1. The summed E-state index contributed by atoms with van der Waals surface area (Å²) in [6.07, 6.45) is 1.92. The molecule has 0 aliphatic rings. The molecule has 0 atom stereocenters. The summed E-state index contributed by atoms with van der Waals surface area (Å²) >= 11 is 1.64. The molecule has 0 saturated carbocycles. The van der Waals surface area contributed by atoms with Crippen LogP contribution in [0.2, 0.25) is 0 Å². The van der Waals surface area contributed by atoms with Gasteiger partial charge in [0.2, 0.25) is 0 Å². The molecule has 4 heteroatoms. The van der Waals surface area contributed by atoms with Crippen molar-refractivity contribution in [3.63, 3.8) is 0 Å². The largest absolute Gasteiger partial charge is 0.507 e. The fraction of sp³-hybridized carbons (Fsp3) is 0.294. The lowest BCUT2D eigenvalue weighted by Crippen LogP contribution is -2.18. The van der Waals surface area contributed by atoms with Gasteiger partial charge in [0.1, 0.15) is 10.8 Å². The molecule has 7 aromatic rings. The van der Waals surface area contributed by atoms with Crippen molar-refractivity contribution in [1.29, 1.82) is 0 Å². The number of phenols is 1. The highest BCUT2D eigenvalue weighted by molar-refractivity contribution is 7.21. The molecule has 0 radical (unpaired) electrons. The molecule has 2 aromatic heterocycles. The standard InChI is InChI=1S/C51H54N2OS/c1-48(2,3)38-27-34(40-18-15-19-44-45(40)53-47(55-44)41-30-39(49(4,5)6)31-42(46(41)54)50(7,8)9)26-35(28-38)43-29-33(24-25-52-43)32-20-22-37(23-21-32)51(10,11)36-16-13-12-14-17-36/h12-31,54H,1-11H3. The normalized spacial score (nSPS) is 12.7. The van der Waals surface area contributed by atoms with E-state index in [9.17, 15) is 5.11 Å². The monoisotopic (exact) mass is 742 g/mol. The van der Waals surface area contributed by atoms with E-state index < -0.39 is 0 Å². The minimum atomic E-state index is -0.222. The lowest BCUT2D eigenvalue weighted by Gasteiger charge is -2.27. The molecule has 0 bridgehead atoms. The maximum Gasteiger partial charge on any atom is 0.129 e. The van der Waals surface area contributed by atoms with Crippen LogP contribution >= 0.6 is 11.3 Å². The van der Waals surface area contributed by atoms with Crippen LogP contribution in [0.5, 0.6) is 5.75 Å². The van der Waals surface area contributed by atoms with Crippen molar-refractivity contribution < 1.29 is 5.11 Å². The average molecular weight is 743 g/mol. The van der Waals surface area contributed by atoms with Crippen molar-refractivity contribution in [1.82, 2.24) is 9.97 Å². The van der Waals surface area contributed by atoms with Gasteiger partial charge < -0.3 is 5.11 Å². The topological polar surface area (TPSA) is 46.0 Å². The zero-order valence-electron chi connectivity index (χ0n) is 34.3. The second kappa shape index (κ2) is 13.9. The van der Waals surface area contributed by atoms with Gasteiger partial charge in [0.05, 0.1) is 21.5 Å². The zero-order valence-corrected chi connectivity index (χ0v) is 35.1. The van der Waals surface area contributed by atoms with Crippen LogP contribution < -0.4 is 0 Å². The van der Waals surface area contributed by atoms with Gasteiger partial charge >= 0.3 is 0 Å². The van der Waals surface area contributed by atoms with Gasteiger partial charge in [0.15, 0.2) is 0 Å². The first-order valence-corrected chi connectivity index (χ1v) is 20.2. The molecule has 0 unspecified atom stereocenters. The molecule has 55 heavy (non-hydrogen) atoms. The fourth-order valence-corrected chi connectivity index (χ4v) is 8.34. The first-order valence-electron chi connectivity index (χ1n) is 19.4. The predicted molar refractivity (Wildman–Crippen MR) is 235 cm³/mol. The molecule has 1 N–H and O–H groups in total. The van der Waals surface area contributed by atoms with Gasteiger partial charge in [0.25, 0.3) is 0 Å². The smallest absolute Gasteiger partial charge is 0.129 e. The van der Waals surface area contributed by atoms with Gasteiger partial charge in [-0.2, -0.15) is 0 Å². The predicted octanol–water partition coefficient (Wildman–Crippen LogP) is 14.3. The first-order chi connectivity index (χ1) is 25.8. The Hall–Kier alpha value is -5.06. The van der Waals surface area contributed by atoms with Gasteiger partial charge in [0, 0.05) is 28.3 Å². The summed E-state index contributed by atoms with van der Waals surface area (Å²) in [5, 5.41) is 12.6. The third kappa shape index (κ3) is 7.62. The number of rotatable bonds is 6. The SMILES string of the molecule is CC(C)(C)c1cc(-c2cc(-c3ccc(C(C)(C)c4ccccc4)cc3)ccn2)cc(-c2cccc3sc(-c4cc(C(C)(C)C)cc(C(C)(C)C)c4O)nc23)c1. The summed E-state index contributed by atoms with van der Waals surface area (Å²) in [5.41, 5.74) is 13.7. The van der Waals surface area contributed by atoms with Crippen LogP contribution in [0.15, 0.2) is 121 Å². The van der Waals surface area contributed by atoms with Gasteiger partial charge in [-0.1, -0.05) is 155 Å². The molecular weight excluding hydrogens is 689 g/mol. The highest BCUT2D eigenvalue weighted by atomic mass is 32.1. The number of phenolic OH excluding ortho intramolecular Hbond substituents is 1. The summed E-state index contributed by atoms with van der Waals surface area (Å²) in [6, 6.07) is 41.6. The third-order valence-electron chi connectivity index (χ3n) is 11.0. The molecule has 0 amide bonds. The summed E-state index contributed by atoms with van der Waals surface area (Å²) in [7, 11) is 0.